The molecule has 0 bridgehead atoms. The molecule has 1 rings (SSSR count). The molecule has 2 nitrogen and oxygen atoms in total. The Hall–Kier alpha value is -0.0800. The number of hydrogen-bond donors (Lipinski definition) is 0. The Labute approximate surface area is 108 Å². The standard InChI is InChI=1S/C15H32N2/c1-5-9-16(4)10-6-15-7-11-17(12-8-15)13-14(2)3/h14-15H,5-13H2,1-4H3. The van der Waals surface area contributed by atoms with Gasteiger partial charge in [0.25, 0.3) is 0 Å². The van der Waals surface area contributed by atoms with Crippen LogP contribution in [-0.2, 0) is 0 Å². The van der Waals surface area contributed by atoms with Crippen molar-refractivity contribution in [1.29, 1.82) is 0 Å². The molecule has 0 aliphatic carbocycles. The maximum Gasteiger partial charge on any atom is 0.000439 e. The maximum absolute atomic E-state index is 2.65. The van der Waals surface area contributed by atoms with Crippen LogP contribution in [-0.4, -0.2) is 49.6 Å². The second kappa shape index (κ2) is 8.10. The highest BCUT2D eigenvalue weighted by atomic mass is 15.1. The van der Waals surface area contributed by atoms with E-state index in [1.807, 2.05) is 0 Å². The van der Waals surface area contributed by atoms with E-state index in [0.717, 1.165) is 11.8 Å². The molecule has 0 atom stereocenters. The van der Waals surface area contributed by atoms with Crippen molar-refractivity contribution in [1.82, 2.24) is 9.80 Å². The van der Waals surface area contributed by atoms with E-state index >= 15 is 0 Å². The van der Waals surface area contributed by atoms with Crippen LogP contribution < -0.4 is 0 Å². The first-order valence-electron chi connectivity index (χ1n) is 7.52. The van der Waals surface area contributed by atoms with Crippen LogP contribution in [0.5, 0.6) is 0 Å². The zero-order valence-electron chi connectivity index (χ0n) is 12.4. The first kappa shape index (κ1) is 15.0. The van der Waals surface area contributed by atoms with E-state index in [4.69, 9.17) is 0 Å². The van der Waals surface area contributed by atoms with E-state index in [0.29, 0.717) is 0 Å². The molecule has 1 aliphatic heterocycles. The smallest absolute Gasteiger partial charge is 0.000439 e. The second-order valence-corrected chi connectivity index (χ2v) is 6.23. The fraction of sp³-hybridized carbons (Fsp3) is 1.00. The van der Waals surface area contributed by atoms with Crippen molar-refractivity contribution in [3.8, 4) is 0 Å². The number of hydrogen-bond acceptors (Lipinski definition) is 2. The summed E-state index contributed by atoms with van der Waals surface area (Å²) in [6.07, 6.45) is 5.54. The minimum atomic E-state index is 0.822. The normalized spacial score (nSPS) is 19.4. The van der Waals surface area contributed by atoms with Gasteiger partial charge in [-0.2, -0.15) is 0 Å². The predicted molar refractivity (Wildman–Crippen MR) is 76.4 cm³/mol. The molecular weight excluding hydrogens is 208 g/mol. The molecule has 0 aromatic rings. The lowest BCUT2D eigenvalue weighted by Crippen LogP contribution is -2.37. The van der Waals surface area contributed by atoms with Crippen LogP contribution in [0, 0.1) is 11.8 Å². The Morgan fingerprint density at radius 2 is 1.82 bits per heavy atom. The maximum atomic E-state index is 2.65. The summed E-state index contributed by atoms with van der Waals surface area (Å²) in [6.45, 7) is 13.4. The summed E-state index contributed by atoms with van der Waals surface area (Å²) in [7, 11) is 2.26. The summed E-state index contributed by atoms with van der Waals surface area (Å²) in [4.78, 5) is 5.14. The number of nitrogens with zero attached hydrogens (tertiary/aromatic N) is 2. The molecule has 0 radical (unpaired) electrons. The average Bonchev–Trinajstić information content (AvgIpc) is 2.28. The monoisotopic (exact) mass is 240 g/mol. The molecule has 0 unspecified atom stereocenters. The summed E-state index contributed by atoms with van der Waals surface area (Å²) < 4.78 is 0. The van der Waals surface area contributed by atoms with Gasteiger partial charge in [0.15, 0.2) is 0 Å². The summed E-state index contributed by atoms with van der Waals surface area (Å²) in [5.74, 6) is 1.81. The molecule has 102 valence electrons. The molecule has 1 fully saturated rings. The van der Waals surface area contributed by atoms with Crippen molar-refractivity contribution in [2.45, 2.75) is 46.5 Å². The molecule has 1 aliphatic rings. The molecule has 0 saturated carbocycles. The second-order valence-electron chi connectivity index (χ2n) is 6.23. The molecular formula is C15H32N2. The summed E-state index contributed by atoms with van der Waals surface area (Å²) in [5.41, 5.74) is 0. The SMILES string of the molecule is CCCN(C)CCC1CCN(CC(C)C)CC1. The molecule has 0 amide bonds. The van der Waals surface area contributed by atoms with E-state index in [1.165, 1.54) is 58.4 Å². The quantitative estimate of drug-likeness (QED) is 0.675. The molecule has 2 heteroatoms. The minimum absolute atomic E-state index is 0.822. The van der Waals surface area contributed by atoms with Gasteiger partial charge in [0.2, 0.25) is 0 Å². The topological polar surface area (TPSA) is 6.48 Å². The molecule has 1 saturated heterocycles. The van der Waals surface area contributed by atoms with E-state index in [-0.39, 0.29) is 0 Å². The van der Waals surface area contributed by atoms with Crippen LogP contribution >= 0.6 is 0 Å². The van der Waals surface area contributed by atoms with Crippen molar-refractivity contribution >= 4 is 0 Å². The molecule has 17 heavy (non-hydrogen) atoms. The van der Waals surface area contributed by atoms with Gasteiger partial charge >= 0.3 is 0 Å². The van der Waals surface area contributed by atoms with Crippen molar-refractivity contribution in [2.75, 3.05) is 39.8 Å². The third-order valence-electron chi connectivity index (χ3n) is 3.85. The van der Waals surface area contributed by atoms with Crippen molar-refractivity contribution in [2.24, 2.45) is 11.8 Å². The molecule has 0 aromatic carbocycles. The van der Waals surface area contributed by atoms with Crippen LogP contribution in [0.1, 0.15) is 46.5 Å². The summed E-state index contributed by atoms with van der Waals surface area (Å²) in [5, 5.41) is 0. The van der Waals surface area contributed by atoms with Gasteiger partial charge < -0.3 is 9.80 Å². The number of piperidine rings is 1. The number of likely N-dealkylation sites (tertiary alicyclic amines) is 1. The van der Waals surface area contributed by atoms with Gasteiger partial charge in [-0.3, -0.25) is 0 Å². The van der Waals surface area contributed by atoms with Crippen molar-refractivity contribution < 1.29 is 0 Å². The van der Waals surface area contributed by atoms with Crippen LogP contribution in [0.15, 0.2) is 0 Å². The highest BCUT2D eigenvalue weighted by Crippen LogP contribution is 2.21. The van der Waals surface area contributed by atoms with Gasteiger partial charge in [0, 0.05) is 6.54 Å². The fourth-order valence-corrected chi connectivity index (χ4v) is 2.87. The molecule has 0 N–H and O–H groups in total. The highest BCUT2D eigenvalue weighted by Gasteiger charge is 2.19. The van der Waals surface area contributed by atoms with E-state index in [2.05, 4.69) is 37.6 Å². The summed E-state index contributed by atoms with van der Waals surface area (Å²) in [6, 6.07) is 0. The zero-order valence-corrected chi connectivity index (χ0v) is 12.4. The van der Waals surface area contributed by atoms with E-state index < -0.39 is 0 Å². The molecule has 0 spiro atoms. The van der Waals surface area contributed by atoms with Crippen molar-refractivity contribution in [3.63, 3.8) is 0 Å². The molecule has 1 heterocycles. The first-order chi connectivity index (χ1) is 8.11. The van der Waals surface area contributed by atoms with Gasteiger partial charge in [-0.1, -0.05) is 20.8 Å². The van der Waals surface area contributed by atoms with Crippen LogP contribution in [0.4, 0.5) is 0 Å². The van der Waals surface area contributed by atoms with E-state index in [1.54, 1.807) is 0 Å². The fourth-order valence-electron chi connectivity index (χ4n) is 2.87. The lowest BCUT2D eigenvalue weighted by Gasteiger charge is -2.33. The first-order valence-corrected chi connectivity index (χ1v) is 7.52. The predicted octanol–water partition coefficient (Wildman–Crippen LogP) is 3.09. The Kier molecular flexibility index (Phi) is 7.14. The Morgan fingerprint density at radius 3 is 2.35 bits per heavy atom. The lowest BCUT2D eigenvalue weighted by atomic mass is 9.93. The Bertz CT molecular complexity index is 183. The van der Waals surface area contributed by atoms with Gasteiger partial charge in [0.1, 0.15) is 0 Å². The lowest BCUT2D eigenvalue weighted by molar-refractivity contribution is 0.155. The van der Waals surface area contributed by atoms with Crippen LogP contribution in [0.25, 0.3) is 0 Å². The Balaban J connectivity index is 2.10. The van der Waals surface area contributed by atoms with E-state index in [9.17, 15) is 0 Å². The largest absolute Gasteiger partial charge is 0.306 e. The van der Waals surface area contributed by atoms with Crippen molar-refractivity contribution in [3.05, 3.63) is 0 Å². The Morgan fingerprint density at radius 1 is 1.18 bits per heavy atom. The van der Waals surface area contributed by atoms with Gasteiger partial charge in [-0.25, -0.2) is 0 Å². The molecule has 0 aromatic heterocycles. The minimum Gasteiger partial charge on any atom is -0.306 e. The van der Waals surface area contributed by atoms with Gasteiger partial charge in [-0.15, -0.1) is 0 Å². The zero-order chi connectivity index (χ0) is 12.7. The van der Waals surface area contributed by atoms with Crippen LogP contribution in [0.2, 0.25) is 0 Å². The number of rotatable bonds is 7. The third-order valence-corrected chi connectivity index (χ3v) is 3.85. The summed E-state index contributed by atoms with van der Waals surface area (Å²) >= 11 is 0. The van der Waals surface area contributed by atoms with Gasteiger partial charge in [-0.05, 0) is 70.7 Å². The van der Waals surface area contributed by atoms with Gasteiger partial charge in [0.05, 0.1) is 0 Å². The highest BCUT2D eigenvalue weighted by molar-refractivity contribution is 4.73. The van der Waals surface area contributed by atoms with Crippen LogP contribution in [0.3, 0.4) is 0 Å². The third kappa shape index (κ3) is 6.42. The average molecular weight is 240 g/mol.